The molecule has 6 heteroatoms. The molecule has 0 unspecified atom stereocenters. The topological polar surface area (TPSA) is 17.8 Å². The SMILES string of the molecule is Fc1ccc(Cn2c(C(F)(F)F)nc3ccccc32)cc1. The van der Waals surface area contributed by atoms with Crippen molar-refractivity contribution in [3.63, 3.8) is 0 Å². The van der Waals surface area contributed by atoms with Crippen LogP contribution in [0.5, 0.6) is 0 Å². The third kappa shape index (κ3) is 2.61. The van der Waals surface area contributed by atoms with Gasteiger partial charge in [0.05, 0.1) is 11.0 Å². The van der Waals surface area contributed by atoms with E-state index in [1.165, 1.54) is 30.3 Å². The predicted octanol–water partition coefficient (Wildman–Crippen LogP) is 4.24. The molecule has 1 heterocycles. The Morgan fingerprint density at radius 3 is 2.29 bits per heavy atom. The first-order valence-electron chi connectivity index (χ1n) is 6.22. The molecule has 0 atom stereocenters. The number of fused-ring (bicyclic) bond motifs is 1. The predicted molar refractivity (Wildman–Crippen MR) is 70.2 cm³/mol. The number of alkyl halides is 3. The largest absolute Gasteiger partial charge is 0.449 e. The van der Waals surface area contributed by atoms with Crippen molar-refractivity contribution in [3.8, 4) is 0 Å². The van der Waals surface area contributed by atoms with Gasteiger partial charge in [0, 0.05) is 6.54 Å². The summed E-state index contributed by atoms with van der Waals surface area (Å²) in [6.07, 6.45) is -4.54. The third-order valence-corrected chi connectivity index (χ3v) is 3.16. The minimum Gasteiger partial charge on any atom is -0.316 e. The van der Waals surface area contributed by atoms with Crippen molar-refractivity contribution in [2.75, 3.05) is 0 Å². The number of imidazole rings is 1. The van der Waals surface area contributed by atoms with E-state index in [9.17, 15) is 17.6 Å². The van der Waals surface area contributed by atoms with Crippen molar-refractivity contribution >= 4 is 11.0 Å². The normalized spacial score (nSPS) is 12.0. The molecule has 2 nitrogen and oxygen atoms in total. The fraction of sp³-hybridized carbons (Fsp3) is 0.133. The van der Waals surface area contributed by atoms with Crippen molar-refractivity contribution in [2.45, 2.75) is 12.7 Å². The van der Waals surface area contributed by atoms with Gasteiger partial charge < -0.3 is 4.57 Å². The van der Waals surface area contributed by atoms with E-state index in [4.69, 9.17) is 0 Å². The van der Waals surface area contributed by atoms with Gasteiger partial charge in [0.15, 0.2) is 0 Å². The van der Waals surface area contributed by atoms with Gasteiger partial charge in [-0.3, -0.25) is 0 Å². The Balaban J connectivity index is 2.13. The molecule has 0 bridgehead atoms. The molecule has 0 spiro atoms. The molecule has 1 aromatic heterocycles. The molecule has 21 heavy (non-hydrogen) atoms. The number of nitrogens with zero attached hydrogens (tertiary/aromatic N) is 2. The Kier molecular flexibility index (Phi) is 3.16. The zero-order valence-corrected chi connectivity index (χ0v) is 10.7. The lowest BCUT2D eigenvalue weighted by Crippen LogP contribution is -2.15. The Morgan fingerprint density at radius 1 is 0.952 bits per heavy atom. The van der Waals surface area contributed by atoms with Gasteiger partial charge in [0.25, 0.3) is 0 Å². The van der Waals surface area contributed by atoms with E-state index in [0.717, 1.165) is 4.57 Å². The van der Waals surface area contributed by atoms with Crippen molar-refractivity contribution in [3.05, 3.63) is 65.7 Å². The lowest BCUT2D eigenvalue weighted by atomic mass is 10.2. The van der Waals surface area contributed by atoms with Crippen molar-refractivity contribution < 1.29 is 17.6 Å². The van der Waals surface area contributed by atoms with Crippen LogP contribution in [0, 0.1) is 5.82 Å². The molecular formula is C15H10F4N2. The van der Waals surface area contributed by atoms with Crippen LogP contribution >= 0.6 is 0 Å². The van der Waals surface area contributed by atoms with E-state index in [2.05, 4.69) is 4.98 Å². The maximum atomic E-state index is 13.1. The molecule has 0 N–H and O–H groups in total. The third-order valence-electron chi connectivity index (χ3n) is 3.16. The van der Waals surface area contributed by atoms with Crippen molar-refractivity contribution in [1.29, 1.82) is 0 Å². The molecule has 0 aliphatic rings. The highest BCUT2D eigenvalue weighted by Crippen LogP contribution is 2.31. The van der Waals surface area contributed by atoms with E-state index in [1.54, 1.807) is 18.2 Å². The first-order chi connectivity index (χ1) is 9.95. The summed E-state index contributed by atoms with van der Waals surface area (Å²) in [6.45, 7) is -0.0182. The van der Waals surface area contributed by atoms with E-state index >= 15 is 0 Å². The van der Waals surface area contributed by atoms with E-state index in [-0.39, 0.29) is 12.1 Å². The second kappa shape index (κ2) is 4.87. The molecule has 0 saturated carbocycles. The zero-order valence-electron chi connectivity index (χ0n) is 10.7. The van der Waals surface area contributed by atoms with Crippen LogP contribution in [0.4, 0.5) is 17.6 Å². The van der Waals surface area contributed by atoms with Gasteiger partial charge in [-0.05, 0) is 29.8 Å². The first kappa shape index (κ1) is 13.6. The Bertz CT molecular complexity index is 772. The Morgan fingerprint density at radius 2 is 1.62 bits per heavy atom. The minimum atomic E-state index is -4.54. The molecule has 0 aliphatic heterocycles. The first-order valence-corrected chi connectivity index (χ1v) is 6.22. The summed E-state index contributed by atoms with van der Waals surface area (Å²) in [5.41, 5.74) is 1.26. The van der Waals surface area contributed by atoms with Crippen LogP contribution in [0.2, 0.25) is 0 Å². The van der Waals surface area contributed by atoms with Crippen molar-refractivity contribution in [1.82, 2.24) is 9.55 Å². The summed E-state index contributed by atoms with van der Waals surface area (Å²) in [5.74, 6) is -1.38. The average molecular weight is 294 g/mol. The summed E-state index contributed by atoms with van der Waals surface area (Å²) < 4.78 is 53.3. The van der Waals surface area contributed by atoms with Gasteiger partial charge in [-0.2, -0.15) is 13.2 Å². The number of hydrogen-bond donors (Lipinski definition) is 0. The van der Waals surface area contributed by atoms with Gasteiger partial charge in [-0.1, -0.05) is 24.3 Å². The summed E-state index contributed by atoms with van der Waals surface area (Å²) in [4.78, 5) is 3.66. The molecule has 0 aliphatic carbocycles. The molecule has 0 saturated heterocycles. The number of aromatic nitrogens is 2. The van der Waals surface area contributed by atoms with Crippen LogP contribution in [-0.4, -0.2) is 9.55 Å². The minimum absolute atomic E-state index is 0.0182. The molecule has 2 aromatic carbocycles. The van der Waals surface area contributed by atoms with Crippen LogP contribution in [-0.2, 0) is 12.7 Å². The van der Waals surface area contributed by atoms with Crippen LogP contribution in [0.25, 0.3) is 11.0 Å². The van der Waals surface area contributed by atoms with Crippen molar-refractivity contribution in [2.24, 2.45) is 0 Å². The molecule has 0 amide bonds. The van der Waals surface area contributed by atoms with Gasteiger partial charge in [0.1, 0.15) is 5.82 Å². The highest BCUT2D eigenvalue weighted by molar-refractivity contribution is 5.76. The van der Waals surface area contributed by atoms with Crippen LogP contribution < -0.4 is 0 Å². The second-order valence-electron chi connectivity index (χ2n) is 4.63. The summed E-state index contributed by atoms with van der Waals surface area (Å²) in [6, 6.07) is 11.8. The Labute approximate surface area is 117 Å². The van der Waals surface area contributed by atoms with Crippen LogP contribution in [0.1, 0.15) is 11.4 Å². The zero-order chi connectivity index (χ0) is 15.0. The maximum absolute atomic E-state index is 13.1. The highest BCUT2D eigenvalue weighted by atomic mass is 19.4. The smallest absolute Gasteiger partial charge is 0.316 e. The monoisotopic (exact) mass is 294 g/mol. The molecule has 3 aromatic rings. The fourth-order valence-electron chi connectivity index (χ4n) is 2.22. The number of benzene rings is 2. The fourth-order valence-corrected chi connectivity index (χ4v) is 2.22. The van der Waals surface area contributed by atoms with Gasteiger partial charge in [-0.15, -0.1) is 0 Å². The maximum Gasteiger partial charge on any atom is 0.449 e. The lowest BCUT2D eigenvalue weighted by molar-refractivity contribution is -0.146. The quantitative estimate of drug-likeness (QED) is 0.646. The summed E-state index contributed by atoms with van der Waals surface area (Å²) in [7, 11) is 0. The summed E-state index contributed by atoms with van der Waals surface area (Å²) in [5, 5.41) is 0. The van der Waals surface area contributed by atoms with Crippen LogP contribution in [0.15, 0.2) is 48.5 Å². The number of para-hydroxylation sites is 2. The van der Waals surface area contributed by atoms with Gasteiger partial charge >= 0.3 is 6.18 Å². The van der Waals surface area contributed by atoms with Gasteiger partial charge in [-0.25, -0.2) is 9.37 Å². The number of rotatable bonds is 2. The number of hydrogen-bond acceptors (Lipinski definition) is 1. The second-order valence-corrected chi connectivity index (χ2v) is 4.63. The molecule has 3 rings (SSSR count). The lowest BCUT2D eigenvalue weighted by Gasteiger charge is -2.11. The highest BCUT2D eigenvalue weighted by Gasteiger charge is 2.37. The molecule has 0 radical (unpaired) electrons. The molecule has 0 fully saturated rings. The van der Waals surface area contributed by atoms with E-state index < -0.39 is 17.8 Å². The molecular weight excluding hydrogens is 284 g/mol. The number of halogens is 4. The van der Waals surface area contributed by atoms with E-state index in [0.29, 0.717) is 11.1 Å². The summed E-state index contributed by atoms with van der Waals surface area (Å²) >= 11 is 0. The standard InChI is InChI=1S/C15H10F4N2/c16-11-7-5-10(6-8-11)9-21-13-4-2-1-3-12(13)20-14(21)15(17,18)19/h1-8H,9H2. The Hall–Kier alpha value is -2.37. The average Bonchev–Trinajstić information content (AvgIpc) is 2.81. The van der Waals surface area contributed by atoms with Crippen LogP contribution in [0.3, 0.4) is 0 Å². The van der Waals surface area contributed by atoms with Gasteiger partial charge in [0.2, 0.25) is 5.82 Å². The molecule has 108 valence electrons. The van der Waals surface area contributed by atoms with E-state index in [1.807, 2.05) is 0 Å².